The van der Waals surface area contributed by atoms with Crippen LogP contribution in [0.5, 0.6) is 0 Å². The van der Waals surface area contributed by atoms with Crippen molar-refractivity contribution in [1.82, 2.24) is 10.3 Å². The fraction of sp³-hybridized carbons (Fsp3) is 0.471. The summed E-state index contributed by atoms with van der Waals surface area (Å²) in [6.45, 7) is 3.06. The van der Waals surface area contributed by atoms with Gasteiger partial charge in [-0.3, -0.25) is 0 Å². The van der Waals surface area contributed by atoms with Crippen molar-refractivity contribution >= 4 is 22.2 Å². The molecular formula is C17H21N5O2S. The van der Waals surface area contributed by atoms with Gasteiger partial charge in [-0.2, -0.15) is 18.8 Å². The monoisotopic (exact) mass is 359 g/mol. The molecule has 7 nitrogen and oxygen atoms in total. The predicted molar refractivity (Wildman–Crippen MR) is 95.6 cm³/mol. The van der Waals surface area contributed by atoms with Crippen LogP contribution in [0.25, 0.3) is 0 Å². The molecule has 1 heterocycles. The van der Waals surface area contributed by atoms with Gasteiger partial charge in [0.25, 0.3) is 10.0 Å². The summed E-state index contributed by atoms with van der Waals surface area (Å²) in [5.41, 5.74) is 0.325. The number of hydrazone groups is 1. The SMILES string of the molecule is CCN/C(=N/S(=O)(=O)c1cccc(C#N)c1)N1CC2(C=N1)CCCC2. The van der Waals surface area contributed by atoms with Crippen molar-refractivity contribution in [2.75, 3.05) is 13.1 Å². The lowest BCUT2D eigenvalue weighted by atomic mass is 9.88. The molecule has 1 aliphatic carbocycles. The minimum absolute atomic E-state index is 0.000657. The summed E-state index contributed by atoms with van der Waals surface area (Å²) in [6.07, 6.45) is 6.43. The molecule has 132 valence electrons. The lowest BCUT2D eigenvalue weighted by Gasteiger charge is -2.23. The first-order valence-electron chi connectivity index (χ1n) is 8.40. The van der Waals surface area contributed by atoms with Crippen molar-refractivity contribution in [3.63, 3.8) is 0 Å². The summed E-state index contributed by atoms with van der Waals surface area (Å²) in [5, 5.41) is 18.0. The van der Waals surface area contributed by atoms with Crippen molar-refractivity contribution in [2.45, 2.75) is 37.5 Å². The summed E-state index contributed by atoms with van der Waals surface area (Å²) in [6, 6.07) is 7.81. The Balaban J connectivity index is 1.89. The van der Waals surface area contributed by atoms with E-state index in [1.54, 1.807) is 11.1 Å². The van der Waals surface area contributed by atoms with Gasteiger partial charge in [-0.25, -0.2) is 5.01 Å². The molecule has 0 bridgehead atoms. The van der Waals surface area contributed by atoms with E-state index in [9.17, 15) is 8.42 Å². The normalized spacial score (nSPS) is 19.4. The quantitative estimate of drug-likeness (QED) is 0.658. The Morgan fingerprint density at radius 3 is 2.88 bits per heavy atom. The molecule has 1 saturated carbocycles. The maximum absolute atomic E-state index is 12.6. The zero-order valence-corrected chi connectivity index (χ0v) is 15.0. The molecular weight excluding hydrogens is 338 g/mol. The number of nitrogens with one attached hydrogen (secondary N) is 1. The molecule has 1 aromatic carbocycles. The van der Waals surface area contributed by atoms with Crippen molar-refractivity contribution in [3.8, 4) is 6.07 Å². The van der Waals surface area contributed by atoms with Gasteiger partial charge in [0.05, 0.1) is 23.1 Å². The zero-order valence-electron chi connectivity index (χ0n) is 14.1. The number of guanidine groups is 1. The summed E-state index contributed by atoms with van der Waals surface area (Å²) in [4.78, 5) is 0.000657. The van der Waals surface area contributed by atoms with Crippen LogP contribution in [0.4, 0.5) is 0 Å². The number of nitrogens with zero attached hydrogens (tertiary/aromatic N) is 4. The molecule has 0 unspecified atom stereocenters. The number of hydrogen-bond donors (Lipinski definition) is 1. The van der Waals surface area contributed by atoms with Crippen LogP contribution in [0, 0.1) is 16.7 Å². The number of hydrogen-bond acceptors (Lipinski definition) is 4. The first kappa shape index (κ1) is 17.4. The van der Waals surface area contributed by atoms with Gasteiger partial charge >= 0.3 is 0 Å². The van der Waals surface area contributed by atoms with Gasteiger partial charge in [0.15, 0.2) is 0 Å². The molecule has 3 rings (SSSR count). The minimum atomic E-state index is -3.93. The van der Waals surface area contributed by atoms with Crippen LogP contribution in [0.15, 0.2) is 38.7 Å². The molecule has 2 aliphatic rings. The van der Waals surface area contributed by atoms with E-state index in [0.717, 1.165) is 12.8 Å². The third kappa shape index (κ3) is 3.66. The number of nitriles is 1. The summed E-state index contributed by atoms with van der Waals surface area (Å²) in [7, 11) is -3.93. The van der Waals surface area contributed by atoms with Gasteiger partial charge in [-0.15, -0.1) is 4.40 Å². The summed E-state index contributed by atoms with van der Waals surface area (Å²) in [5.74, 6) is 0.227. The molecule has 1 aromatic rings. The third-order valence-electron chi connectivity index (χ3n) is 4.58. The predicted octanol–water partition coefficient (Wildman–Crippen LogP) is 2.07. The second-order valence-corrected chi connectivity index (χ2v) is 8.04. The van der Waals surface area contributed by atoms with Crippen LogP contribution in [0.3, 0.4) is 0 Å². The first-order valence-corrected chi connectivity index (χ1v) is 9.84. The largest absolute Gasteiger partial charge is 0.354 e. The Labute approximate surface area is 148 Å². The van der Waals surface area contributed by atoms with Crippen molar-refractivity contribution in [1.29, 1.82) is 5.26 Å². The molecule has 0 amide bonds. The Morgan fingerprint density at radius 2 is 2.20 bits per heavy atom. The number of sulfonamides is 1. The third-order valence-corrected chi connectivity index (χ3v) is 5.84. The van der Waals surface area contributed by atoms with Gasteiger partial charge < -0.3 is 5.32 Å². The maximum atomic E-state index is 12.6. The van der Waals surface area contributed by atoms with E-state index in [1.165, 1.54) is 31.0 Å². The molecule has 8 heteroatoms. The standard InChI is InChI=1S/C17H21N5O2S/c1-2-19-16(22-13-17(12-20-22)8-3-4-9-17)21-25(23,24)15-7-5-6-14(10-15)11-18/h5-7,10,12H,2-4,8-9,13H2,1H3,(H,19,21). The van der Waals surface area contributed by atoms with Gasteiger partial charge in [0, 0.05) is 18.2 Å². The van der Waals surface area contributed by atoms with E-state index in [1.807, 2.05) is 19.2 Å². The van der Waals surface area contributed by atoms with E-state index in [-0.39, 0.29) is 21.8 Å². The summed E-state index contributed by atoms with van der Waals surface area (Å²) >= 11 is 0. The van der Waals surface area contributed by atoms with E-state index in [2.05, 4.69) is 14.8 Å². The Hall–Kier alpha value is -2.40. The number of rotatable bonds is 3. The van der Waals surface area contributed by atoms with Crippen LogP contribution < -0.4 is 5.32 Å². The average molecular weight is 359 g/mol. The number of benzene rings is 1. The highest BCUT2D eigenvalue weighted by Crippen LogP contribution is 2.40. The van der Waals surface area contributed by atoms with Crippen LogP contribution in [-0.2, 0) is 10.0 Å². The van der Waals surface area contributed by atoms with Crippen LogP contribution >= 0.6 is 0 Å². The molecule has 0 radical (unpaired) electrons. The highest BCUT2D eigenvalue weighted by atomic mass is 32.2. The maximum Gasteiger partial charge on any atom is 0.285 e. The minimum Gasteiger partial charge on any atom is -0.354 e. The molecule has 25 heavy (non-hydrogen) atoms. The van der Waals surface area contributed by atoms with Crippen molar-refractivity contribution < 1.29 is 8.42 Å². The molecule has 1 N–H and O–H groups in total. The molecule has 0 saturated heterocycles. The Bertz CT molecular complexity index is 848. The van der Waals surface area contributed by atoms with E-state index < -0.39 is 10.0 Å². The summed E-state index contributed by atoms with van der Waals surface area (Å²) < 4.78 is 29.2. The fourth-order valence-electron chi connectivity index (χ4n) is 3.29. The van der Waals surface area contributed by atoms with Crippen molar-refractivity contribution in [2.24, 2.45) is 14.9 Å². The van der Waals surface area contributed by atoms with Gasteiger partial charge in [0.1, 0.15) is 0 Å². The first-order chi connectivity index (χ1) is 12.0. The highest BCUT2D eigenvalue weighted by molar-refractivity contribution is 7.90. The zero-order chi connectivity index (χ0) is 17.9. The Morgan fingerprint density at radius 1 is 1.44 bits per heavy atom. The fourth-order valence-corrected chi connectivity index (χ4v) is 4.31. The molecule has 0 aromatic heterocycles. The van der Waals surface area contributed by atoms with Crippen LogP contribution in [-0.4, -0.2) is 38.7 Å². The topological polar surface area (TPSA) is 97.9 Å². The van der Waals surface area contributed by atoms with Gasteiger partial charge in [0.2, 0.25) is 5.96 Å². The highest BCUT2D eigenvalue weighted by Gasteiger charge is 2.39. The molecule has 1 aliphatic heterocycles. The Kier molecular flexibility index (Phi) is 4.77. The van der Waals surface area contributed by atoms with Gasteiger partial charge in [-0.05, 0) is 38.0 Å². The molecule has 1 fully saturated rings. The lowest BCUT2D eigenvalue weighted by molar-refractivity contribution is 0.340. The molecule has 1 spiro atoms. The van der Waals surface area contributed by atoms with Crippen LogP contribution in [0.2, 0.25) is 0 Å². The molecule has 0 atom stereocenters. The lowest BCUT2D eigenvalue weighted by Crippen LogP contribution is -2.40. The van der Waals surface area contributed by atoms with E-state index >= 15 is 0 Å². The van der Waals surface area contributed by atoms with Gasteiger partial charge in [-0.1, -0.05) is 18.9 Å². The van der Waals surface area contributed by atoms with Crippen molar-refractivity contribution in [3.05, 3.63) is 29.8 Å². The van der Waals surface area contributed by atoms with E-state index in [0.29, 0.717) is 13.1 Å². The van der Waals surface area contributed by atoms with E-state index in [4.69, 9.17) is 5.26 Å². The van der Waals surface area contributed by atoms with Crippen LogP contribution in [0.1, 0.15) is 38.2 Å². The smallest absolute Gasteiger partial charge is 0.285 e. The average Bonchev–Trinajstić information content (AvgIpc) is 3.25. The second kappa shape index (κ2) is 6.84. The second-order valence-electron chi connectivity index (χ2n) is 6.43.